The SMILES string of the molecule is C[C@H]1[C@H]2Cc3ccc(O)cc3[C@]1(C)CCN2CCCCC#N. The van der Waals surface area contributed by atoms with Crippen LogP contribution in [0.15, 0.2) is 18.2 Å². The third-order valence-corrected chi connectivity index (χ3v) is 6.09. The van der Waals surface area contributed by atoms with Crippen molar-refractivity contribution < 1.29 is 5.11 Å². The van der Waals surface area contributed by atoms with Gasteiger partial charge in [0.1, 0.15) is 5.75 Å². The summed E-state index contributed by atoms with van der Waals surface area (Å²) >= 11 is 0. The number of fused-ring (bicyclic) bond motifs is 4. The normalized spacial score (nSPS) is 30.6. The van der Waals surface area contributed by atoms with Gasteiger partial charge in [-0.25, -0.2) is 0 Å². The lowest BCUT2D eigenvalue weighted by Crippen LogP contribution is -2.58. The van der Waals surface area contributed by atoms with Crippen molar-refractivity contribution in [2.24, 2.45) is 5.92 Å². The molecule has 1 aliphatic carbocycles. The third kappa shape index (κ3) is 2.50. The number of unbranched alkanes of at least 4 members (excludes halogenated alkanes) is 2. The lowest BCUT2D eigenvalue weighted by molar-refractivity contribution is 0.0304. The Morgan fingerprint density at radius 2 is 2.23 bits per heavy atom. The van der Waals surface area contributed by atoms with Crippen molar-refractivity contribution in [2.45, 2.75) is 57.4 Å². The average molecular weight is 298 g/mol. The zero-order valence-electron chi connectivity index (χ0n) is 13.7. The van der Waals surface area contributed by atoms with Gasteiger partial charge in [0.05, 0.1) is 6.07 Å². The highest BCUT2D eigenvalue weighted by atomic mass is 16.3. The molecule has 3 heteroatoms. The number of rotatable bonds is 4. The molecule has 1 aromatic carbocycles. The van der Waals surface area contributed by atoms with Gasteiger partial charge in [0.25, 0.3) is 0 Å². The number of benzene rings is 1. The predicted octanol–water partition coefficient (Wildman–Crippen LogP) is 3.61. The van der Waals surface area contributed by atoms with Gasteiger partial charge in [-0.15, -0.1) is 0 Å². The van der Waals surface area contributed by atoms with Crippen molar-refractivity contribution in [1.29, 1.82) is 5.26 Å². The van der Waals surface area contributed by atoms with E-state index in [1.54, 1.807) is 0 Å². The van der Waals surface area contributed by atoms with Crippen LogP contribution in [0.3, 0.4) is 0 Å². The number of hydrogen-bond donors (Lipinski definition) is 1. The van der Waals surface area contributed by atoms with E-state index < -0.39 is 0 Å². The smallest absolute Gasteiger partial charge is 0.115 e. The number of phenolic OH excluding ortho intramolecular Hbond substituents is 1. The van der Waals surface area contributed by atoms with E-state index in [1.807, 2.05) is 12.1 Å². The monoisotopic (exact) mass is 298 g/mol. The summed E-state index contributed by atoms with van der Waals surface area (Å²) in [6.07, 6.45) is 5.05. The summed E-state index contributed by atoms with van der Waals surface area (Å²) in [5, 5.41) is 18.5. The van der Waals surface area contributed by atoms with E-state index in [0.717, 1.165) is 38.8 Å². The summed E-state index contributed by atoms with van der Waals surface area (Å²) in [6, 6.07) is 8.76. The van der Waals surface area contributed by atoms with E-state index in [0.29, 0.717) is 24.1 Å². The maximum Gasteiger partial charge on any atom is 0.115 e. The van der Waals surface area contributed by atoms with Gasteiger partial charge in [-0.2, -0.15) is 5.26 Å². The Morgan fingerprint density at radius 3 is 3.00 bits per heavy atom. The summed E-state index contributed by atoms with van der Waals surface area (Å²) in [6.45, 7) is 6.99. The highest BCUT2D eigenvalue weighted by Gasteiger charge is 2.48. The number of nitriles is 1. The van der Waals surface area contributed by atoms with Gasteiger partial charge in [-0.1, -0.05) is 19.9 Å². The molecule has 0 spiro atoms. The van der Waals surface area contributed by atoms with Crippen LogP contribution in [0.5, 0.6) is 5.75 Å². The quantitative estimate of drug-likeness (QED) is 0.864. The molecule has 0 radical (unpaired) electrons. The van der Waals surface area contributed by atoms with Crippen LogP contribution in [0.25, 0.3) is 0 Å². The van der Waals surface area contributed by atoms with E-state index in [-0.39, 0.29) is 5.41 Å². The van der Waals surface area contributed by atoms with Crippen molar-refractivity contribution in [3.63, 3.8) is 0 Å². The third-order valence-electron chi connectivity index (χ3n) is 6.09. The minimum Gasteiger partial charge on any atom is -0.508 e. The summed E-state index contributed by atoms with van der Waals surface area (Å²) in [7, 11) is 0. The predicted molar refractivity (Wildman–Crippen MR) is 87.8 cm³/mol. The zero-order valence-corrected chi connectivity index (χ0v) is 13.7. The Labute approximate surface area is 133 Å². The molecule has 0 amide bonds. The molecule has 0 aromatic heterocycles. The average Bonchev–Trinajstić information content (AvgIpc) is 2.50. The maximum atomic E-state index is 9.87. The second-order valence-electron chi connectivity index (χ2n) is 7.22. The summed E-state index contributed by atoms with van der Waals surface area (Å²) in [5.74, 6) is 0.996. The molecule has 118 valence electrons. The van der Waals surface area contributed by atoms with Gasteiger partial charge in [0, 0.05) is 12.5 Å². The molecule has 3 atom stereocenters. The highest BCUT2D eigenvalue weighted by Crippen LogP contribution is 2.49. The Kier molecular flexibility index (Phi) is 4.14. The lowest BCUT2D eigenvalue weighted by atomic mass is 9.59. The molecule has 1 aliphatic heterocycles. The fourth-order valence-electron chi connectivity index (χ4n) is 4.49. The minimum absolute atomic E-state index is 0.181. The van der Waals surface area contributed by atoms with E-state index >= 15 is 0 Å². The van der Waals surface area contributed by atoms with Crippen LogP contribution in [-0.4, -0.2) is 29.1 Å². The van der Waals surface area contributed by atoms with Crippen LogP contribution >= 0.6 is 0 Å². The second-order valence-corrected chi connectivity index (χ2v) is 7.22. The standard InChI is InChI=1S/C19H26N2O/c1-14-18-12-15-6-7-16(22)13-17(15)19(14,2)8-11-21(18)10-5-3-4-9-20/h6-7,13-14,18,22H,3-5,8,10-12H2,1-2H3/t14-,18+,19+/m0/s1. The van der Waals surface area contributed by atoms with Crippen LogP contribution in [0.4, 0.5) is 0 Å². The summed E-state index contributed by atoms with van der Waals surface area (Å²) < 4.78 is 0. The number of likely N-dealkylation sites (tertiary alicyclic amines) is 1. The first kappa shape index (κ1) is 15.4. The summed E-state index contributed by atoms with van der Waals surface area (Å²) in [4.78, 5) is 2.64. The van der Waals surface area contributed by atoms with Crippen molar-refractivity contribution in [3.8, 4) is 11.8 Å². The maximum absolute atomic E-state index is 9.87. The highest BCUT2D eigenvalue weighted by molar-refractivity contribution is 5.44. The van der Waals surface area contributed by atoms with Gasteiger partial charge in [-0.3, -0.25) is 4.90 Å². The van der Waals surface area contributed by atoms with E-state index in [4.69, 9.17) is 5.26 Å². The second kappa shape index (κ2) is 5.93. The molecule has 0 unspecified atom stereocenters. The van der Waals surface area contributed by atoms with E-state index in [2.05, 4.69) is 30.9 Å². The Balaban J connectivity index is 1.80. The molecule has 1 aromatic rings. The molecule has 0 saturated carbocycles. The van der Waals surface area contributed by atoms with E-state index in [1.165, 1.54) is 11.1 Å². The molecule has 1 N–H and O–H groups in total. The van der Waals surface area contributed by atoms with E-state index in [9.17, 15) is 5.11 Å². The van der Waals surface area contributed by atoms with Crippen molar-refractivity contribution in [1.82, 2.24) is 4.90 Å². The lowest BCUT2D eigenvalue weighted by Gasteiger charge is -2.54. The van der Waals surface area contributed by atoms with Crippen molar-refractivity contribution in [3.05, 3.63) is 29.3 Å². The molecular formula is C19H26N2O. The van der Waals surface area contributed by atoms with Crippen molar-refractivity contribution in [2.75, 3.05) is 13.1 Å². The number of aromatic hydroxyl groups is 1. The largest absolute Gasteiger partial charge is 0.508 e. The van der Waals surface area contributed by atoms with Gasteiger partial charge >= 0.3 is 0 Å². The summed E-state index contributed by atoms with van der Waals surface area (Å²) in [5.41, 5.74) is 2.95. The molecule has 1 saturated heterocycles. The molecule has 2 aliphatic rings. The first-order chi connectivity index (χ1) is 10.6. The molecule has 3 rings (SSSR count). The Morgan fingerprint density at radius 1 is 1.41 bits per heavy atom. The Bertz CT molecular complexity index is 592. The fraction of sp³-hybridized carbons (Fsp3) is 0.632. The number of hydrogen-bond acceptors (Lipinski definition) is 3. The van der Waals surface area contributed by atoms with Gasteiger partial charge in [-0.05, 0) is 73.4 Å². The first-order valence-corrected chi connectivity index (χ1v) is 8.49. The molecule has 1 heterocycles. The van der Waals surface area contributed by atoms with Gasteiger partial charge in [0.15, 0.2) is 0 Å². The van der Waals surface area contributed by atoms with Crippen LogP contribution in [-0.2, 0) is 11.8 Å². The zero-order chi connectivity index (χ0) is 15.7. The number of piperidine rings is 1. The van der Waals surface area contributed by atoms with Crippen molar-refractivity contribution >= 4 is 0 Å². The van der Waals surface area contributed by atoms with Gasteiger partial charge in [0.2, 0.25) is 0 Å². The number of nitrogens with zero attached hydrogens (tertiary/aromatic N) is 2. The topological polar surface area (TPSA) is 47.3 Å². The first-order valence-electron chi connectivity index (χ1n) is 8.49. The number of phenols is 1. The fourth-order valence-corrected chi connectivity index (χ4v) is 4.49. The van der Waals surface area contributed by atoms with Crippen LogP contribution in [0.1, 0.15) is 50.7 Å². The Hall–Kier alpha value is -1.53. The molecule has 3 nitrogen and oxygen atoms in total. The molecule has 22 heavy (non-hydrogen) atoms. The van der Waals surface area contributed by atoms with Crippen LogP contribution in [0, 0.1) is 17.2 Å². The molecular weight excluding hydrogens is 272 g/mol. The minimum atomic E-state index is 0.181. The van der Waals surface area contributed by atoms with Crippen LogP contribution < -0.4 is 0 Å². The van der Waals surface area contributed by atoms with Crippen LogP contribution in [0.2, 0.25) is 0 Å². The van der Waals surface area contributed by atoms with Gasteiger partial charge < -0.3 is 5.11 Å². The molecule has 2 bridgehead atoms. The molecule has 1 fully saturated rings.